The lowest BCUT2D eigenvalue weighted by Crippen LogP contribution is -2.10. The van der Waals surface area contributed by atoms with Gasteiger partial charge in [-0.05, 0) is 6.92 Å². The van der Waals surface area contributed by atoms with Crippen LogP contribution in [0.3, 0.4) is 0 Å². The zero-order valence-electron chi connectivity index (χ0n) is 10.7. The SMILES string of the molecule is CCOc1nc(NC)nc(-n2ccnc2CC)n1. The van der Waals surface area contributed by atoms with E-state index in [9.17, 15) is 0 Å². The van der Waals surface area contributed by atoms with E-state index >= 15 is 0 Å². The normalized spacial score (nSPS) is 10.4. The number of ether oxygens (including phenoxy) is 1. The summed E-state index contributed by atoms with van der Waals surface area (Å²) in [6.45, 7) is 4.43. The lowest BCUT2D eigenvalue weighted by Gasteiger charge is -2.08. The fourth-order valence-corrected chi connectivity index (χ4v) is 1.54. The molecule has 2 aromatic heterocycles. The van der Waals surface area contributed by atoms with Crippen molar-refractivity contribution in [1.29, 1.82) is 0 Å². The fourth-order valence-electron chi connectivity index (χ4n) is 1.54. The summed E-state index contributed by atoms with van der Waals surface area (Å²) < 4.78 is 7.15. The van der Waals surface area contributed by atoms with E-state index in [1.807, 2.05) is 24.6 Å². The second kappa shape index (κ2) is 5.44. The molecule has 18 heavy (non-hydrogen) atoms. The molecule has 0 atom stereocenters. The van der Waals surface area contributed by atoms with E-state index in [0.717, 1.165) is 12.2 Å². The van der Waals surface area contributed by atoms with Crippen LogP contribution in [-0.4, -0.2) is 38.2 Å². The molecule has 0 aliphatic rings. The lowest BCUT2D eigenvalue weighted by atomic mass is 10.4. The lowest BCUT2D eigenvalue weighted by molar-refractivity contribution is 0.311. The van der Waals surface area contributed by atoms with Gasteiger partial charge < -0.3 is 10.1 Å². The average Bonchev–Trinajstić information content (AvgIpc) is 2.87. The minimum atomic E-state index is 0.308. The van der Waals surface area contributed by atoms with E-state index in [1.54, 1.807) is 13.2 Å². The molecule has 1 N–H and O–H groups in total. The maximum absolute atomic E-state index is 5.32. The number of aromatic nitrogens is 5. The smallest absolute Gasteiger partial charge is 0.323 e. The van der Waals surface area contributed by atoms with E-state index in [1.165, 1.54) is 0 Å². The maximum atomic E-state index is 5.32. The summed E-state index contributed by atoms with van der Waals surface area (Å²) in [6.07, 6.45) is 4.35. The Morgan fingerprint density at radius 3 is 2.78 bits per heavy atom. The zero-order chi connectivity index (χ0) is 13.0. The first-order valence-corrected chi connectivity index (χ1v) is 5.87. The Hall–Kier alpha value is -2.18. The van der Waals surface area contributed by atoms with Gasteiger partial charge in [0.1, 0.15) is 5.82 Å². The van der Waals surface area contributed by atoms with E-state index in [4.69, 9.17) is 4.74 Å². The highest BCUT2D eigenvalue weighted by atomic mass is 16.5. The Labute approximate surface area is 105 Å². The van der Waals surface area contributed by atoms with E-state index in [-0.39, 0.29) is 0 Å². The molecule has 7 nitrogen and oxygen atoms in total. The first-order valence-electron chi connectivity index (χ1n) is 5.87. The van der Waals surface area contributed by atoms with Crippen LogP contribution in [0.1, 0.15) is 19.7 Å². The van der Waals surface area contributed by atoms with Crippen molar-refractivity contribution in [3.05, 3.63) is 18.2 Å². The van der Waals surface area contributed by atoms with Gasteiger partial charge >= 0.3 is 6.01 Å². The van der Waals surface area contributed by atoms with Gasteiger partial charge in [-0.3, -0.25) is 4.57 Å². The Bertz CT molecular complexity index is 524. The minimum absolute atomic E-state index is 0.308. The monoisotopic (exact) mass is 248 g/mol. The largest absolute Gasteiger partial charge is 0.464 e. The quantitative estimate of drug-likeness (QED) is 0.852. The number of anilines is 1. The zero-order valence-corrected chi connectivity index (χ0v) is 10.7. The molecule has 0 saturated carbocycles. The molecular formula is C11H16N6O. The predicted molar refractivity (Wildman–Crippen MR) is 67.0 cm³/mol. The molecular weight excluding hydrogens is 232 g/mol. The van der Waals surface area contributed by atoms with E-state index in [0.29, 0.717) is 24.5 Å². The van der Waals surface area contributed by atoms with Gasteiger partial charge in [-0.1, -0.05) is 6.92 Å². The molecule has 2 aromatic rings. The third kappa shape index (κ3) is 2.39. The molecule has 0 aromatic carbocycles. The van der Waals surface area contributed by atoms with Crippen molar-refractivity contribution >= 4 is 5.95 Å². The molecule has 0 aliphatic heterocycles. The molecule has 2 heterocycles. The minimum Gasteiger partial charge on any atom is -0.464 e. The Balaban J connectivity index is 2.46. The number of nitrogens with zero attached hydrogens (tertiary/aromatic N) is 5. The maximum Gasteiger partial charge on any atom is 0.323 e. The standard InChI is InChI=1S/C11H16N6O/c1-4-8-13-6-7-17(8)10-14-9(12-3)15-11(16-10)18-5-2/h6-7H,4-5H2,1-3H3,(H,12,14,15,16). The summed E-state index contributed by atoms with van der Waals surface area (Å²) in [5.41, 5.74) is 0. The molecule has 0 unspecified atom stereocenters. The summed E-state index contributed by atoms with van der Waals surface area (Å²) in [7, 11) is 1.75. The highest BCUT2D eigenvalue weighted by molar-refractivity contribution is 5.30. The van der Waals surface area contributed by atoms with E-state index in [2.05, 4.69) is 25.3 Å². The number of rotatable bonds is 5. The number of hydrogen-bond acceptors (Lipinski definition) is 6. The predicted octanol–water partition coefficient (Wildman–Crippen LogP) is 1.06. The third-order valence-electron chi connectivity index (χ3n) is 2.35. The van der Waals surface area contributed by atoms with Crippen LogP contribution < -0.4 is 10.1 Å². The number of imidazole rings is 1. The van der Waals surface area contributed by atoms with Gasteiger partial charge in [-0.2, -0.15) is 15.0 Å². The van der Waals surface area contributed by atoms with Crippen molar-refractivity contribution in [2.75, 3.05) is 19.0 Å². The van der Waals surface area contributed by atoms with Crippen LogP contribution in [0.4, 0.5) is 5.95 Å². The number of hydrogen-bond donors (Lipinski definition) is 1. The van der Waals surface area contributed by atoms with Crippen molar-refractivity contribution in [3.63, 3.8) is 0 Å². The van der Waals surface area contributed by atoms with Crippen LogP contribution >= 0.6 is 0 Å². The number of aryl methyl sites for hydroxylation is 1. The van der Waals surface area contributed by atoms with Crippen molar-refractivity contribution in [2.45, 2.75) is 20.3 Å². The summed E-state index contributed by atoms with van der Waals surface area (Å²) in [4.78, 5) is 16.9. The van der Waals surface area contributed by atoms with Gasteiger partial charge in [0.15, 0.2) is 0 Å². The number of nitrogens with one attached hydrogen (secondary N) is 1. The van der Waals surface area contributed by atoms with Gasteiger partial charge in [-0.25, -0.2) is 4.98 Å². The second-order valence-electron chi connectivity index (χ2n) is 3.49. The molecule has 0 bridgehead atoms. The van der Waals surface area contributed by atoms with Crippen LogP contribution in [0.2, 0.25) is 0 Å². The molecule has 7 heteroatoms. The first kappa shape index (κ1) is 12.3. The summed E-state index contributed by atoms with van der Waals surface area (Å²) in [5, 5.41) is 2.89. The molecule has 0 radical (unpaired) electrons. The van der Waals surface area contributed by atoms with Crippen LogP contribution in [0.5, 0.6) is 6.01 Å². The summed E-state index contributed by atoms with van der Waals surface area (Å²) in [6, 6.07) is 0.308. The van der Waals surface area contributed by atoms with Gasteiger partial charge in [0.05, 0.1) is 6.61 Å². The summed E-state index contributed by atoms with van der Waals surface area (Å²) >= 11 is 0. The van der Waals surface area contributed by atoms with Crippen LogP contribution in [0.15, 0.2) is 12.4 Å². The van der Waals surface area contributed by atoms with Crippen molar-refractivity contribution in [1.82, 2.24) is 24.5 Å². The fraction of sp³-hybridized carbons (Fsp3) is 0.455. The van der Waals surface area contributed by atoms with Crippen molar-refractivity contribution in [2.24, 2.45) is 0 Å². The van der Waals surface area contributed by atoms with Crippen LogP contribution in [-0.2, 0) is 6.42 Å². The van der Waals surface area contributed by atoms with Gasteiger partial charge in [0.25, 0.3) is 0 Å². The Morgan fingerprint density at radius 2 is 2.11 bits per heavy atom. The molecule has 0 fully saturated rings. The van der Waals surface area contributed by atoms with E-state index < -0.39 is 0 Å². The van der Waals surface area contributed by atoms with Crippen LogP contribution in [0.25, 0.3) is 5.95 Å². The van der Waals surface area contributed by atoms with Crippen LogP contribution in [0, 0.1) is 0 Å². The Morgan fingerprint density at radius 1 is 1.28 bits per heavy atom. The highest BCUT2D eigenvalue weighted by Gasteiger charge is 2.10. The Kier molecular flexibility index (Phi) is 3.71. The molecule has 0 amide bonds. The van der Waals surface area contributed by atoms with Gasteiger partial charge in [0, 0.05) is 25.9 Å². The van der Waals surface area contributed by atoms with Crippen molar-refractivity contribution in [3.8, 4) is 12.0 Å². The second-order valence-corrected chi connectivity index (χ2v) is 3.49. The average molecular weight is 248 g/mol. The molecule has 96 valence electrons. The van der Waals surface area contributed by atoms with Gasteiger partial charge in [0.2, 0.25) is 11.9 Å². The van der Waals surface area contributed by atoms with Crippen molar-refractivity contribution < 1.29 is 4.74 Å². The molecule has 0 aliphatic carbocycles. The molecule has 0 spiro atoms. The first-order chi connectivity index (χ1) is 8.78. The van der Waals surface area contributed by atoms with Gasteiger partial charge in [-0.15, -0.1) is 0 Å². The molecule has 0 saturated heterocycles. The summed E-state index contributed by atoms with van der Waals surface area (Å²) in [5.74, 6) is 1.87. The third-order valence-corrected chi connectivity index (χ3v) is 2.35. The molecule has 2 rings (SSSR count). The highest BCUT2D eigenvalue weighted by Crippen LogP contribution is 2.12. The topological polar surface area (TPSA) is 77.8 Å².